The van der Waals surface area contributed by atoms with Gasteiger partial charge in [0.25, 0.3) is 0 Å². The van der Waals surface area contributed by atoms with Gasteiger partial charge in [-0.2, -0.15) is 12.6 Å². The molecule has 14 heavy (non-hydrogen) atoms. The van der Waals surface area contributed by atoms with Gasteiger partial charge in [-0.25, -0.2) is 0 Å². The van der Waals surface area contributed by atoms with Crippen LogP contribution in [0.1, 0.15) is 10.4 Å². The standard InChI is InChI=1S/C12H10OS/c13-12(8-14)11-6-5-9-3-1-2-4-10(9)7-11/h1-7,14H,8H2. The Morgan fingerprint density at radius 1 is 1.07 bits per heavy atom. The molecule has 1 nitrogen and oxygen atoms in total. The smallest absolute Gasteiger partial charge is 0.172 e. The van der Waals surface area contributed by atoms with Gasteiger partial charge < -0.3 is 0 Å². The first kappa shape index (κ1) is 9.28. The first-order chi connectivity index (χ1) is 6.81. The molecule has 0 saturated carbocycles. The zero-order valence-electron chi connectivity index (χ0n) is 7.60. The molecule has 0 fully saturated rings. The lowest BCUT2D eigenvalue weighted by Gasteiger charge is -2.00. The maximum absolute atomic E-state index is 11.4. The Labute approximate surface area is 88.2 Å². The number of hydrogen-bond acceptors (Lipinski definition) is 2. The largest absolute Gasteiger partial charge is 0.293 e. The van der Waals surface area contributed by atoms with Crippen molar-refractivity contribution >= 4 is 29.2 Å². The summed E-state index contributed by atoms with van der Waals surface area (Å²) in [6.45, 7) is 0. The second-order valence-electron chi connectivity index (χ2n) is 3.14. The summed E-state index contributed by atoms with van der Waals surface area (Å²) < 4.78 is 0. The van der Waals surface area contributed by atoms with E-state index in [0.717, 1.165) is 16.3 Å². The van der Waals surface area contributed by atoms with E-state index in [2.05, 4.69) is 12.6 Å². The highest BCUT2D eigenvalue weighted by molar-refractivity contribution is 7.81. The van der Waals surface area contributed by atoms with Crippen LogP contribution in [0.15, 0.2) is 42.5 Å². The molecule has 0 amide bonds. The molecule has 2 heteroatoms. The minimum atomic E-state index is 0.0686. The van der Waals surface area contributed by atoms with Crippen LogP contribution in [-0.2, 0) is 0 Å². The van der Waals surface area contributed by atoms with Crippen LogP contribution in [0.25, 0.3) is 10.8 Å². The summed E-state index contributed by atoms with van der Waals surface area (Å²) in [6.07, 6.45) is 0. The van der Waals surface area contributed by atoms with Crippen LogP contribution >= 0.6 is 12.6 Å². The van der Waals surface area contributed by atoms with Crippen molar-refractivity contribution in [2.45, 2.75) is 0 Å². The summed E-state index contributed by atoms with van der Waals surface area (Å²) in [5.41, 5.74) is 0.735. The number of benzene rings is 2. The number of fused-ring (bicyclic) bond motifs is 1. The fourth-order valence-corrected chi connectivity index (χ4v) is 1.64. The van der Waals surface area contributed by atoms with Crippen molar-refractivity contribution in [1.29, 1.82) is 0 Å². The van der Waals surface area contributed by atoms with E-state index in [-0.39, 0.29) is 11.5 Å². The second kappa shape index (κ2) is 3.84. The Hall–Kier alpha value is -1.28. The van der Waals surface area contributed by atoms with Gasteiger partial charge in [-0.15, -0.1) is 0 Å². The van der Waals surface area contributed by atoms with Crippen LogP contribution in [0.2, 0.25) is 0 Å². The quantitative estimate of drug-likeness (QED) is 0.585. The van der Waals surface area contributed by atoms with Crippen LogP contribution in [0.3, 0.4) is 0 Å². The van der Waals surface area contributed by atoms with Crippen LogP contribution in [0.5, 0.6) is 0 Å². The lowest BCUT2D eigenvalue weighted by atomic mass is 10.1. The first-order valence-electron chi connectivity index (χ1n) is 4.44. The molecule has 0 unspecified atom stereocenters. The van der Waals surface area contributed by atoms with E-state index in [4.69, 9.17) is 0 Å². The third kappa shape index (κ3) is 1.66. The summed E-state index contributed by atoms with van der Waals surface area (Å²) in [6, 6.07) is 13.7. The number of thiol groups is 1. The van der Waals surface area contributed by atoms with Gasteiger partial charge in [0.2, 0.25) is 0 Å². The van der Waals surface area contributed by atoms with Crippen molar-refractivity contribution in [1.82, 2.24) is 0 Å². The number of carbonyl (C=O) groups excluding carboxylic acids is 1. The summed E-state index contributed by atoms with van der Waals surface area (Å²) in [5.74, 6) is 0.331. The fourth-order valence-electron chi connectivity index (χ4n) is 1.45. The molecular formula is C12H10OS. The SMILES string of the molecule is O=C(CS)c1ccc2ccccc2c1. The van der Waals surface area contributed by atoms with Gasteiger partial charge in [0, 0.05) is 5.56 Å². The van der Waals surface area contributed by atoms with E-state index < -0.39 is 0 Å². The zero-order chi connectivity index (χ0) is 9.97. The van der Waals surface area contributed by atoms with Gasteiger partial charge >= 0.3 is 0 Å². The number of carbonyl (C=O) groups is 1. The molecule has 0 aliphatic rings. The van der Waals surface area contributed by atoms with E-state index in [9.17, 15) is 4.79 Å². The predicted octanol–water partition coefficient (Wildman–Crippen LogP) is 2.95. The van der Waals surface area contributed by atoms with Gasteiger partial charge in [0.1, 0.15) is 0 Å². The third-order valence-corrected chi connectivity index (χ3v) is 2.50. The third-order valence-electron chi connectivity index (χ3n) is 2.22. The van der Waals surface area contributed by atoms with Gasteiger partial charge in [0.15, 0.2) is 5.78 Å². The molecule has 0 aliphatic carbocycles. The van der Waals surface area contributed by atoms with Crippen LogP contribution in [-0.4, -0.2) is 11.5 Å². The van der Waals surface area contributed by atoms with Crippen molar-refractivity contribution in [2.75, 3.05) is 5.75 Å². The highest BCUT2D eigenvalue weighted by atomic mass is 32.1. The average Bonchev–Trinajstić information content (AvgIpc) is 2.27. The zero-order valence-corrected chi connectivity index (χ0v) is 8.50. The topological polar surface area (TPSA) is 17.1 Å². The Morgan fingerprint density at radius 3 is 2.50 bits per heavy atom. The van der Waals surface area contributed by atoms with Crippen LogP contribution < -0.4 is 0 Å². The maximum atomic E-state index is 11.4. The Morgan fingerprint density at radius 2 is 1.79 bits per heavy atom. The molecule has 0 heterocycles. The summed E-state index contributed by atoms with van der Waals surface area (Å²) in [4.78, 5) is 11.4. The summed E-state index contributed by atoms with van der Waals surface area (Å²) in [7, 11) is 0. The number of rotatable bonds is 2. The number of Topliss-reactive ketones (excluding diaryl/α,β-unsaturated/α-hetero) is 1. The molecule has 70 valence electrons. The summed E-state index contributed by atoms with van der Waals surface area (Å²) in [5, 5.41) is 2.25. The molecule has 0 radical (unpaired) electrons. The van der Waals surface area contributed by atoms with Crippen LogP contribution in [0, 0.1) is 0 Å². The van der Waals surface area contributed by atoms with Crippen molar-refractivity contribution in [2.24, 2.45) is 0 Å². The minimum Gasteiger partial charge on any atom is -0.293 e. The maximum Gasteiger partial charge on any atom is 0.172 e. The summed E-state index contributed by atoms with van der Waals surface area (Å²) >= 11 is 3.97. The number of ketones is 1. The molecule has 0 bridgehead atoms. The predicted molar refractivity (Wildman–Crippen MR) is 62.1 cm³/mol. The molecule has 0 saturated heterocycles. The second-order valence-corrected chi connectivity index (χ2v) is 3.46. The van der Waals surface area contributed by atoms with Crippen molar-refractivity contribution in [3.63, 3.8) is 0 Å². The first-order valence-corrected chi connectivity index (χ1v) is 5.07. The molecule has 2 aromatic carbocycles. The molecule has 0 aromatic heterocycles. The lowest BCUT2D eigenvalue weighted by Crippen LogP contribution is -1.99. The van der Waals surface area contributed by atoms with E-state index in [1.165, 1.54) is 0 Å². The Balaban J connectivity index is 2.56. The van der Waals surface area contributed by atoms with E-state index in [1.807, 2.05) is 42.5 Å². The molecule has 0 N–H and O–H groups in total. The van der Waals surface area contributed by atoms with Crippen LogP contribution in [0.4, 0.5) is 0 Å². The minimum absolute atomic E-state index is 0.0686. The monoisotopic (exact) mass is 202 g/mol. The van der Waals surface area contributed by atoms with Crippen molar-refractivity contribution < 1.29 is 4.79 Å². The highest BCUT2D eigenvalue weighted by Crippen LogP contribution is 2.16. The average molecular weight is 202 g/mol. The van der Waals surface area contributed by atoms with Gasteiger partial charge in [-0.1, -0.05) is 36.4 Å². The van der Waals surface area contributed by atoms with Gasteiger partial charge in [0.05, 0.1) is 5.75 Å². The van der Waals surface area contributed by atoms with Crippen molar-refractivity contribution in [3.8, 4) is 0 Å². The van der Waals surface area contributed by atoms with Crippen molar-refractivity contribution in [3.05, 3.63) is 48.0 Å². The van der Waals surface area contributed by atoms with Gasteiger partial charge in [-0.3, -0.25) is 4.79 Å². The Bertz CT molecular complexity index is 476. The fraction of sp³-hybridized carbons (Fsp3) is 0.0833. The highest BCUT2D eigenvalue weighted by Gasteiger charge is 2.03. The molecule has 2 aromatic rings. The van der Waals surface area contributed by atoms with E-state index >= 15 is 0 Å². The molecule has 0 aliphatic heterocycles. The lowest BCUT2D eigenvalue weighted by molar-refractivity contribution is 0.102. The molecule has 0 atom stereocenters. The molecular weight excluding hydrogens is 192 g/mol. The van der Waals surface area contributed by atoms with E-state index in [1.54, 1.807) is 0 Å². The number of hydrogen-bond donors (Lipinski definition) is 1. The molecule has 2 rings (SSSR count). The normalized spacial score (nSPS) is 10.4. The van der Waals surface area contributed by atoms with Gasteiger partial charge in [-0.05, 0) is 16.8 Å². The molecule has 0 spiro atoms. The van der Waals surface area contributed by atoms with E-state index in [0.29, 0.717) is 0 Å². The Kier molecular flexibility index (Phi) is 2.55.